The topological polar surface area (TPSA) is 75.4 Å². The van der Waals surface area contributed by atoms with Crippen LogP contribution in [-0.2, 0) is 23.2 Å². The number of hydrogen-bond donors (Lipinski definition) is 2. The lowest BCUT2D eigenvalue weighted by atomic mass is 9.93. The Bertz CT molecular complexity index is 1270. The van der Waals surface area contributed by atoms with Crippen molar-refractivity contribution in [3.05, 3.63) is 101 Å². The van der Waals surface area contributed by atoms with Crippen LogP contribution in [0.15, 0.2) is 83.4 Å². The highest BCUT2D eigenvalue weighted by molar-refractivity contribution is 5.85. The molecular weight excluding hydrogens is 424 g/mol. The third-order valence-electron chi connectivity index (χ3n) is 6.79. The van der Waals surface area contributed by atoms with Gasteiger partial charge in [-0.2, -0.15) is 0 Å². The van der Waals surface area contributed by atoms with Crippen molar-refractivity contribution >= 4 is 5.97 Å². The molecule has 0 spiro atoms. The highest BCUT2D eigenvalue weighted by Gasteiger charge is 2.51. The van der Waals surface area contributed by atoms with Gasteiger partial charge in [-0.15, -0.1) is 0 Å². The maximum atomic E-state index is 11.6. The molecular formula is C29H28N2O3. The Kier molecular flexibility index (Phi) is 6.03. The molecule has 172 valence electrons. The van der Waals surface area contributed by atoms with Crippen LogP contribution in [0.1, 0.15) is 35.2 Å². The van der Waals surface area contributed by atoms with E-state index in [1.165, 1.54) is 5.56 Å². The Morgan fingerprint density at radius 3 is 2.18 bits per heavy atom. The molecule has 0 amide bonds. The molecule has 1 aromatic heterocycles. The van der Waals surface area contributed by atoms with Gasteiger partial charge in [0.15, 0.2) is 5.76 Å². The van der Waals surface area contributed by atoms with Gasteiger partial charge in [0, 0.05) is 17.7 Å². The Hall–Kier alpha value is -3.70. The number of carbonyl (C=O) groups is 1. The molecule has 2 N–H and O–H groups in total. The Morgan fingerprint density at radius 2 is 1.56 bits per heavy atom. The molecule has 1 heterocycles. The van der Waals surface area contributed by atoms with Crippen molar-refractivity contribution in [3.63, 3.8) is 0 Å². The van der Waals surface area contributed by atoms with Crippen LogP contribution in [0.25, 0.3) is 22.5 Å². The molecule has 4 aromatic rings. The quantitative estimate of drug-likeness (QED) is 0.316. The van der Waals surface area contributed by atoms with E-state index in [1.54, 1.807) is 0 Å². The zero-order valence-corrected chi connectivity index (χ0v) is 19.3. The number of carboxylic acid groups (broad SMARTS) is 1. The first kappa shape index (κ1) is 22.1. The average molecular weight is 453 g/mol. The van der Waals surface area contributed by atoms with Gasteiger partial charge in [0.2, 0.25) is 0 Å². The number of aliphatic carboxylic acids is 1. The minimum absolute atomic E-state index is 0.668. The van der Waals surface area contributed by atoms with Crippen LogP contribution in [0.4, 0.5) is 0 Å². The SMILES string of the molecule is Cc1noc(-c2ccc(-c3ccc(C4(C(=O)O)CC4)cc3)cc2)c1CCNCc1ccccc1. The van der Waals surface area contributed by atoms with Crippen LogP contribution in [0, 0.1) is 6.92 Å². The number of aryl methyl sites for hydroxylation is 1. The molecule has 0 atom stereocenters. The number of nitrogens with one attached hydrogen (secondary N) is 1. The van der Waals surface area contributed by atoms with Gasteiger partial charge in [0.05, 0.1) is 11.1 Å². The second-order valence-electron chi connectivity index (χ2n) is 9.03. The highest BCUT2D eigenvalue weighted by atomic mass is 16.5. The van der Waals surface area contributed by atoms with Crippen molar-refractivity contribution in [2.45, 2.75) is 38.1 Å². The van der Waals surface area contributed by atoms with Crippen LogP contribution >= 0.6 is 0 Å². The van der Waals surface area contributed by atoms with Crippen molar-refractivity contribution in [1.29, 1.82) is 0 Å². The van der Waals surface area contributed by atoms with Gasteiger partial charge in [-0.05, 0) is 55.0 Å². The lowest BCUT2D eigenvalue weighted by Gasteiger charge is -2.11. The molecule has 3 aromatic carbocycles. The molecule has 1 fully saturated rings. The molecule has 5 nitrogen and oxygen atoms in total. The fraction of sp³-hybridized carbons (Fsp3) is 0.241. The van der Waals surface area contributed by atoms with Crippen molar-refractivity contribution in [2.75, 3.05) is 6.54 Å². The summed E-state index contributed by atoms with van der Waals surface area (Å²) in [5, 5.41) is 17.2. The molecule has 1 aliphatic carbocycles. The molecule has 0 radical (unpaired) electrons. The Balaban J connectivity index is 1.26. The van der Waals surface area contributed by atoms with Gasteiger partial charge in [-0.3, -0.25) is 4.79 Å². The van der Waals surface area contributed by atoms with Gasteiger partial charge < -0.3 is 14.9 Å². The van der Waals surface area contributed by atoms with Gasteiger partial charge >= 0.3 is 5.97 Å². The number of aromatic nitrogens is 1. The average Bonchev–Trinajstić information content (AvgIpc) is 3.61. The van der Waals surface area contributed by atoms with Crippen LogP contribution < -0.4 is 5.32 Å². The van der Waals surface area contributed by atoms with Crippen molar-refractivity contribution in [1.82, 2.24) is 10.5 Å². The van der Waals surface area contributed by atoms with E-state index >= 15 is 0 Å². The first-order valence-electron chi connectivity index (χ1n) is 11.7. The molecule has 34 heavy (non-hydrogen) atoms. The molecule has 5 rings (SSSR count). The maximum Gasteiger partial charge on any atom is 0.314 e. The van der Waals surface area contributed by atoms with Crippen LogP contribution in [0.2, 0.25) is 0 Å². The first-order valence-corrected chi connectivity index (χ1v) is 11.7. The fourth-order valence-electron chi connectivity index (χ4n) is 4.50. The number of rotatable bonds is 9. The number of benzene rings is 3. The van der Waals surface area contributed by atoms with Gasteiger partial charge in [0.1, 0.15) is 0 Å². The van der Waals surface area contributed by atoms with E-state index in [0.29, 0.717) is 0 Å². The van der Waals surface area contributed by atoms with Crippen molar-refractivity contribution < 1.29 is 14.4 Å². The smallest absolute Gasteiger partial charge is 0.314 e. The van der Waals surface area contributed by atoms with Crippen molar-refractivity contribution in [2.24, 2.45) is 0 Å². The van der Waals surface area contributed by atoms with Crippen LogP contribution in [0.3, 0.4) is 0 Å². The standard InChI is InChI=1S/C29H28N2O3/c1-20-26(15-18-30-19-21-5-3-2-4-6-21)27(34-31-20)24-9-7-22(8-10-24)23-11-13-25(14-12-23)29(16-17-29)28(32)33/h2-14,30H,15-19H2,1H3,(H,32,33). The summed E-state index contributed by atoms with van der Waals surface area (Å²) in [5.41, 5.74) is 6.69. The van der Waals surface area contributed by atoms with Crippen LogP contribution in [0.5, 0.6) is 0 Å². The monoisotopic (exact) mass is 452 g/mol. The number of nitrogens with zero attached hydrogens (tertiary/aromatic N) is 1. The number of carboxylic acids is 1. The zero-order chi connectivity index (χ0) is 23.5. The van der Waals surface area contributed by atoms with Gasteiger partial charge in [-0.1, -0.05) is 84.0 Å². The Labute approximate surface area is 199 Å². The van der Waals surface area contributed by atoms with E-state index < -0.39 is 11.4 Å². The lowest BCUT2D eigenvalue weighted by molar-refractivity contribution is -0.140. The third-order valence-corrected chi connectivity index (χ3v) is 6.79. The van der Waals surface area contributed by atoms with Crippen LogP contribution in [-0.4, -0.2) is 22.8 Å². The first-order chi connectivity index (χ1) is 16.6. The van der Waals surface area contributed by atoms with Gasteiger partial charge in [-0.25, -0.2) is 0 Å². The van der Waals surface area contributed by atoms with E-state index in [4.69, 9.17) is 4.52 Å². The molecule has 0 aliphatic heterocycles. The molecule has 5 heteroatoms. The maximum absolute atomic E-state index is 11.6. The summed E-state index contributed by atoms with van der Waals surface area (Å²) in [6.07, 6.45) is 2.28. The fourth-order valence-corrected chi connectivity index (χ4v) is 4.50. The molecule has 1 saturated carbocycles. The van der Waals surface area contributed by atoms with Gasteiger partial charge in [0.25, 0.3) is 0 Å². The summed E-state index contributed by atoms with van der Waals surface area (Å²) in [4.78, 5) is 11.6. The number of hydrogen-bond acceptors (Lipinski definition) is 4. The summed E-state index contributed by atoms with van der Waals surface area (Å²) in [6, 6.07) is 26.6. The normalized spacial score (nSPS) is 14.1. The minimum atomic E-state index is -0.724. The largest absolute Gasteiger partial charge is 0.481 e. The molecule has 0 bridgehead atoms. The summed E-state index contributed by atoms with van der Waals surface area (Å²) in [7, 11) is 0. The predicted octanol–water partition coefficient (Wildman–Crippen LogP) is 5.77. The highest BCUT2D eigenvalue weighted by Crippen LogP contribution is 2.48. The summed E-state index contributed by atoms with van der Waals surface area (Å²) in [6.45, 7) is 3.66. The van der Waals surface area contributed by atoms with E-state index in [0.717, 1.165) is 71.6 Å². The second kappa shape index (κ2) is 9.27. The van der Waals surface area contributed by atoms with E-state index in [9.17, 15) is 9.90 Å². The Morgan fingerprint density at radius 1 is 0.941 bits per heavy atom. The van der Waals surface area contributed by atoms with E-state index in [-0.39, 0.29) is 0 Å². The minimum Gasteiger partial charge on any atom is -0.481 e. The predicted molar refractivity (Wildman–Crippen MR) is 133 cm³/mol. The van der Waals surface area contributed by atoms with Crippen molar-refractivity contribution in [3.8, 4) is 22.5 Å². The zero-order valence-electron chi connectivity index (χ0n) is 19.3. The third kappa shape index (κ3) is 4.39. The molecule has 0 saturated heterocycles. The molecule has 1 aliphatic rings. The van der Waals surface area contributed by atoms with E-state index in [1.807, 2.05) is 37.3 Å². The van der Waals surface area contributed by atoms with E-state index in [2.05, 4.69) is 59.0 Å². The molecule has 0 unspecified atom stereocenters. The summed E-state index contributed by atoms with van der Waals surface area (Å²) in [5.74, 6) is 0.0936. The second-order valence-corrected chi connectivity index (χ2v) is 9.03. The summed E-state index contributed by atoms with van der Waals surface area (Å²) < 4.78 is 5.69. The lowest BCUT2D eigenvalue weighted by Crippen LogP contribution is -2.19. The summed E-state index contributed by atoms with van der Waals surface area (Å²) >= 11 is 0.